The number of urea groups is 1. The van der Waals surface area contributed by atoms with Crippen LogP contribution in [-0.2, 0) is 0 Å². The number of carbonyl (C=O) groups is 2. The Morgan fingerprint density at radius 1 is 1.27 bits per heavy atom. The monoisotopic (exact) mass is 452 g/mol. The number of amides is 2. The minimum absolute atomic E-state index is 0.00699. The Balaban J connectivity index is 1.55. The van der Waals surface area contributed by atoms with Crippen molar-refractivity contribution in [1.29, 1.82) is 0 Å². The zero-order valence-electron chi connectivity index (χ0n) is 18.9. The number of nitrogens with two attached hydrogens (primary N) is 1. The Morgan fingerprint density at radius 2 is 2.06 bits per heavy atom. The average molecular weight is 453 g/mol. The number of carbonyl (C=O) groups excluding carboxylic acids is 2. The Kier molecular flexibility index (Phi) is 8.83. The van der Waals surface area contributed by atoms with Crippen molar-refractivity contribution >= 4 is 17.5 Å². The molecule has 1 aromatic carbocycles. The van der Waals surface area contributed by atoms with Crippen LogP contribution in [0, 0.1) is 0 Å². The highest BCUT2D eigenvalue weighted by Crippen LogP contribution is 2.36. The van der Waals surface area contributed by atoms with Crippen molar-refractivity contribution in [3.8, 4) is 5.75 Å². The molecule has 0 saturated heterocycles. The van der Waals surface area contributed by atoms with E-state index in [1.807, 2.05) is 18.2 Å². The standard InChI is InChI=1S/C25H32N4O4/c1-17(12-23(31)20-8-5-11-27-14-20)28-15-21(30)16-33-24-10-9-19(13-22(24)29-25(26)32)18-6-3-2-4-7-18/h5,8-14,18,21,28,30H,2-4,6-7,15-16H2,1H3,(H3,26,29,32). The van der Waals surface area contributed by atoms with Crippen LogP contribution in [0.3, 0.4) is 0 Å². The molecular weight excluding hydrogens is 420 g/mol. The van der Waals surface area contributed by atoms with Gasteiger partial charge >= 0.3 is 6.03 Å². The van der Waals surface area contributed by atoms with Gasteiger partial charge in [-0.05, 0) is 55.5 Å². The second-order valence-electron chi connectivity index (χ2n) is 8.36. The first-order valence-electron chi connectivity index (χ1n) is 11.3. The quantitative estimate of drug-likeness (QED) is 0.321. The molecule has 1 atom stereocenters. The molecule has 2 amide bonds. The summed E-state index contributed by atoms with van der Waals surface area (Å²) in [6, 6.07) is 8.47. The van der Waals surface area contributed by atoms with Crippen molar-refractivity contribution in [2.75, 3.05) is 18.5 Å². The van der Waals surface area contributed by atoms with E-state index < -0.39 is 12.1 Å². The minimum Gasteiger partial charge on any atom is -0.489 e. The number of rotatable bonds is 10. The molecule has 3 rings (SSSR count). The number of ketones is 1. The molecule has 176 valence electrons. The number of nitrogens with one attached hydrogen (secondary N) is 2. The Labute approximate surface area is 194 Å². The van der Waals surface area contributed by atoms with E-state index in [1.54, 1.807) is 25.3 Å². The predicted molar refractivity (Wildman–Crippen MR) is 127 cm³/mol. The van der Waals surface area contributed by atoms with Gasteiger partial charge in [0.1, 0.15) is 18.5 Å². The molecule has 1 heterocycles. The fraction of sp³-hybridized carbons (Fsp3) is 0.400. The number of anilines is 1. The first kappa shape index (κ1) is 24.3. The van der Waals surface area contributed by atoms with Crippen LogP contribution in [0.1, 0.15) is 60.9 Å². The van der Waals surface area contributed by atoms with Gasteiger partial charge < -0.3 is 26.2 Å². The lowest BCUT2D eigenvalue weighted by atomic mass is 9.84. The van der Waals surface area contributed by atoms with Crippen LogP contribution < -0.4 is 21.1 Å². The van der Waals surface area contributed by atoms with Crippen LogP contribution >= 0.6 is 0 Å². The number of aromatic nitrogens is 1. The number of nitrogens with zero attached hydrogens (tertiary/aromatic N) is 1. The van der Waals surface area contributed by atoms with Crippen molar-refractivity contribution in [2.45, 2.75) is 51.0 Å². The van der Waals surface area contributed by atoms with Crippen LogP contribution in [0.15, 0.2) is 54.5 Å². The molecule has 0 radical (unpaired) electrons. The summed E-state index contributed by atoms with van der Waals surface area (Å²) in [4.78, 5) is 27.6. The normalized spacial score (nSPS) is 15.5. The van der Waals surface area contributed by atoms with Gasteiger partial charge in [0.15, 0.2) is 5.78 Å². The third kappa shape index (κ3) is 7.61. The van der Waals surface area contributed by atoms with Crippen LogP contribution in [0.25, 0.3) is 0 Å². The summed E-state index contributed by atoms with van der Waals surface area (Å²) in [5, 5.41) is 16.0. The molecule has 1 aliphatic carbocycles. The fourth-order valence-electron chi connectivity index (χ4n) is 3.96. The topological polar surface area (TPSA) is 127 Å². The summed E-state index contributed by atoms with van der Waals surface area (Å²) in [7, 11) is 0. The molecule has 0 spiro atoms. The molecule has 8 heteroatoms. The number of aliphatic hydroxyl groups is 1. The SMILES string of the molecule is CC(=CC(=O)c1cccnc1)NCC(O)COc1ccc(C2CCCCC2)cc1NC(N)=O. The Bertz CT molecular complexity index is 972. The van der Waals surface area contributed by atoms with Crippen LogP contribution in [0.4, 0.5) is 10.5 Å². The van der Waals surface area contributed by atoms with Gasteiger partial charge in [0.2, 0.25) is 0 Å². The third-order valence-electron chi connectivity index (χ3n) is 5.68. The maximum Gasteiger partial charge on any atom is 0.316 e. The summed E-state index contributed by atoms with van der Waals surface area (Å²) in [6.45, 7) is 1.95. The summed E-state index contributed by atoms with van der Waals surface area (Å²) >= 11 is 0. The second kappa shape index (κ2) is 12.0. The minimum atomic E-state index is -0.832. The van der Waals surface area contributed by atoms with Gasteiger partial charge in [-0.25, -0.2) is 4.79 Å². The average Bonchev–Trinajstić information content (AvgIpc) is 2.82. The second-order valence-corrected chi connectivity index (χ2v) is 8.36. The first-order chi connectivity index (χ1) is 15.9. The highest BCUT2D eigenvalue weighted by molar-refractivity contribution is 6.04. The maximum atomic E-state index is 12.2. The molecule has 1 unspecified atom stereocenters. The van der Waals surface area contributed by atoms with Gasteiger partial charge in [0.25, 0.3) is 0 Å². The molecule has 8 nitrogen and oxygen atoms in total. The van der Waals surface area contributed by atoms with Crippen molar-refractivity contribution in [1.82, 2.24) is 10.3 Å². The van der Waals surface area contributed by atoms with Crippen molar-refractivity contribution in [3.63, 3.8) is 0 Å². The number of benzene rings is 1. The summed E-state index contributed by atoms with van der Waals surface area (Å²) < 4.78 is 5.77. The van der Waals surface area contributed by atoms with Crippen LogP contribution in [0.5, 0.6) is 5.75 Å². The zero-order valence-corrected chi connectivity index (χ0v) is 18.9. The molecule has 1 aromatic heterocycles. The maximum absolute atomic E-state index is 12.2. The molecule has 0 aliphatic heterocycles. The molecular formula is C25H32N4O4. The molecule has 1 fully saturated rings. The van der Waals surface area contributed by atoms with Crippen molar-refractivity contribution in [3.05, 3.63) is 65.6 Å². The van der Waals surface area contributed by atoms with E-state index in [4.69, 9.17) is 10.5 Å². The molecule has 1 saturated carbocycles. The van der Waals surface area contributed by atoms with Gasteiger partial charge in [-0.3, -0.25) is 9.78 Å². The fourth-order valence-corrected chi connectivity index (χ4v) is 3.96. The van der Waals surface area contributed by atoms with Gasteiger partial charge in [0, 0.05) is 36.3 Å². The first-order valence-corrected chi connectivity index (χ1v) is 11.3. The molecule has 2 aromatic rings. The van der Waals surface area contributed by atoms with E-state index in [0.29, 0.717) is 28.6 Å². The smallest absolute Gasteiger partial charge is 0.316 e. The number of primary amides is 1. The number of pyridine rings is 1. The van der Waals surface area contributed by atoms with E-state index in [2.05, 4.69) is 15.6 Å². The Morgan fingerprint density at radius 3 is 2.76 bits per heavy atom. The number of aliphatic hydroxyl groups excluding tert-OH is 1. The molecule has 5 N–H and O–H groups in total. The highest BCUT2D eigenvalue weighted by Gasteiger charge is 2.18. The largest absolute Gasteiger partial charge is 0.489 e. The molecule has 0 bridgehead atoms. The highest BCUT2D eigenvalue weighted by atomic mass is 16.5. The number of hydrogen-bond acceptors (Lipinski definition) is 6. The van der Waals surface area contributed by atoms with E-state index in [-0.39, 0.29) is 18.9 Å². The van der Waals surface area contributed by atoms with E-state index >= 15 is 0 Å². The molecule has 1 aliphatic rings. The summed E-state index contributed by atoms with van der Waals surface area (Å²) in [5.74, 6) is 0.755. The lowest BCUT2D eigenvalue weighted by molar-refractivity contribution is 0.103. The predicted octanol–water partition coefficient (Wildman–Crippen LogP) is 3.74. The lowest BCUT2D eigenvalue weighted by Gasteiger charge is -2.23. The van der Waals surface area contributed by atoms with E-state index in [1.165, 1.54) is 31.5 Å². The van der Waals surface area contributed by atoms with Gasteiger partial charge in [-0.15, -0.1) is 0 Å². The van der Waals surface area contributed by atoms with Crippen molar-refractivity contribution in [2.24, 2.45) is 5.73 Å². The zero-order chi connectivity index (χ0) is 23.6. The van der Waals surface area contributed by atoms with Crippen LogP contribution in [-0.4, -0.2) is 41.2 Å². The summed E-state index contributed by atoms with van der Waals surface area (Å²) in [5.41, 5.74) is 8.12. The van der Waals surface area contributed by atoms with Gasteiger partial charge in [-0.1, -0.05) is 25.3 Å². The summed E-state index contributed by atoms with van der Waals surface area (Å²) in [6.07, 6.45) is 9.70. The number of allylic oxidation sites excluding steroid dienone is 2. The van der Waals surface area contributed by atoms with E-state index in [9.17, 15) is 14.7 Å². The van der Waals surface area contributed by atoms with Gasteiger partial charge in [-0.2, -0.15) is 0 Å². The van der Waals surface area contributed by atoms with Crippen LogP contribution in [0.2, 0.25) is 0 Å². The lowest BCUT2D eigenvalue weighted by Crippen LogP contribution is -2.31. The molecule has 33 heavy (non-hydrogen) atoms. The van der Waals surface area contributed by atoms with Gasteiger partial charge in [0.05, 0.1) is 5.69 Å². The Hall–Kier alpha value is -3.39. The van der Waals surface area contributed by atoms with Crippen molar-refractivity contribution < 1.29 is 19.4 Å². The third-order valence-corrected chi connectivity index (χ3v) is 5.68. The number of ether oxygens (including phenoxy) is 1. The van der Waals surface area contributed by atoms with E-state index in [0.717, 1.165) is 18.4 Å². The number of hydrogen-bond donors (Lipinski definition) is 4.